The molecule has 0 aliphatic carbocycles. The summed E-state index contributed by atoms with van der Waals surface area (Å²) in [4.78, 5) is 0. The average molecular weight is 374 g/mol. The van der Waals surface area contributed by atoms with E-state index in [0.29, 0.717) is 12.0 Å². The number of hydrogen-bond donors (Lipinski definition) is 4. The lowest BCUT2D eigenvalue weighted by Crippen LogP contribution is -2.55. The summed E-state index contributed by atoms with van der Waals surface area (Å²) in [5, 5.41) is 39.7. The van der Waals surface area contributed by atoms with Crippen LogP contribution in [0.3, 0.4) is 0 Å². The van der Waals surface area contributed by atoms with E-state index in [1.807, 2.05) is 49.4 Å². The van der Waals surface area contributed by atoms with Gasteiger partial charge < -0.3 is 29.9 Å². The first kappa shape index (κ1) is 19.8. The van der Waals surface area contributed by atoms with Gasteiger partial charge in [-0.3, -0.25) is 0 Å². The summed E-state index contributed by atoms with van der Waals surface area (Å²) in [7, 11) is 1.63. The van der Waals surface area contributed by atoms with Gasteiger partial charge in [0.1, 0.15) is 36.3 Å². The summed E-state index contributed by atoms with van der Waals surface area (Å²) >= 11 is 0. The van der Waals surface area contributed by atoms with Gasteiger partial charge in [-0.05, 0) is 47.7 Å². The van der Waals surface area contributed by atoms with E-state index in [1.165, 1.54) is 0 Å². The zero-order valence-electron chi connectivity index (χ0n) is 15.4. The minimum atomic E-state index is -1.38. The Labute approximate surface area is 158 Å². The maximum atomic E-state index is 10.4. The van der Waals surface area contributed by atoms with Crippen LogP contribution in [0.5, 0.6) is 5.75 Å². The summed E-state index contributed by atoms with van der Waals surface area (Å²) < 4.78 is 10.8. The molecular formula is C21H26O6. The number of rotatable bonds is 5. The van der Waals surface area contributed by atoms with Gasteiger partial charge in [0, 0.05) is 0 Å². The number of methoxy groups -OCH3 is 1. The molecule has 0 spiro atoms. The third-order valence-corrected chi connectivity index (χ3v) is 5.15. The predicted molar refractivity (Wildman–Crippen MR) is 99.7 cm³/mol. The molecule has 0 saturated carbocycles. The fourth-order valence-corrected chi connectivity index (χ4v) is 3.40. The van der Waals surface area contributed by atoms with Crippen molar-refractivity contribution in [3.8, 4) is 5.75 Å². The molecule has 2 aromatic rings. The second kappa shape index (κ2) is 8.37. The highest BCUT2D eigenvalue weighted by molar-refractivity contribution is 5.38. The van der Waals surface area contributed by atoms with Crippen molar-refractivity contribution in [1.29, 1.82) is 0 Å². The highest BCUT2D eigenvalue weighted by Gasteiger charge is 2.43. The van der Waals surface area contributed by atoms with E-state index < -0.39 is 37.1 Å². The van der Waals surface area contributed by atoms with E-state index in [0.717, 1.165) is 22.4 Å². The first-order valence-corrected chi connectivity index (χ1v) is 8.97. The predicted octanol–water partition coefficient (Wildman–Crippen LogP) is 1.11. The van der Waals surface area contributed by atoms with E-state index in [2.05, 4.69) is 0 Å². The van der Waals surface area contributed by atoms with Crippen LogP contribution in [0.2, 0.25) is 0 Å². The van der Waals surface area contributed by atoms with Gasteiger partial charge in [-0.15, -0.1) is 0 Å². The van der Waals surface area contributed by atoms with Crippen molar-refractivity contribution >= 4 is 0 Å². The van der Waals surface area contributed by atoms with Crippen LogP contribution in [0.25, 0.3) is 0 Å². The normalized spacial score (nSPS) is 28.1. The number of aryl methyl sites for hydroxylation is 1. The zero-order chi connectivity index (χ0) is 19.6. The Hall–Kier alpha value is -1.96. The molecule has 6 nitrogen and oxygen atoms in total. The van der Waals surface area contributed by atoms with Crippen molar-refractivity contribution in [1.82, 2.24) is 0 Å². The lowest BCUT2D eigenvalue weighted by atomic mass is 9.89. The van der Waals surface area contributed by atoms with Crippen LogP contribution in [0, 0.1) is 6.92 Å². The maximum absolute atomic E-state index is 10.4. The van der Waals surface area contributed by atoms with E-state index in [-0.39, 0.29) is 0 Å². The molecule has 0 unspecified atom stereocenters. The third kappa shape index (κ3) is 4.15. The van der Waals surface area contributed by atoms with Crippen LogP contribution in [0.1, 0.15) is 28.4 Å². The van der Waals surface area contributed by atoms with Crippen LogP contribution in [0.15, 0.2) is 42.5 Å². The van der Waals surface area contributed by atoms with Crippen molar-refractivity contribution in [2.75, 3.05) is 13.7 Å². The lowest BCUT2D eigenvalue weighted by molar-refractivity contribution is -0.231. The maximum Gasteiger partial charge on any atom is 0.118 e. The number of benzene rings is 2. The summed E-state index contributed by atoms with van der Waals surface area (Å²) in [6.07, 6.45) is -5.06. The Kier molecular flexibility index (Phi) is 6.14. The Bertz CT molecular complexity index is 758. The van der Waals surface area contributed by atoms with Crippen molar-refractivity contribution in [2.45, 2.75) is 43.9 Å². The van der Waals surface area contributed by atoms with Gasteiger partial charge in [-0.1, -0.05) is 30.3 Å². The van der Waals surface area contributed by atoms with E-state index in [4.69, 9.17) is 9.47 Å². The topological polar surface area (TPSA) is 99.4 Å². The van der Waals surface area contributed by atoms with E-state index in [9.17, 15) is 20.4 Å². The van der Waals surface area contributed by atoms with Crippen molar-refractivity contribution in [3.63, 3.8) is 0 Å². The van der Waals surface area contributed by atoms with E-state index in [1.54, 1.807) is 7.11 Å². The number of aliphatic hydroxyl groups excluding tert-OH is 4. The molecule has 1 saturated heterocycles. The molecule has 5 atom stereocenters. The zero-order valence-corrected chi connectivity index (χ0v) is 15.4. The molecule has 4 N–H and O–H groups in total. The molecular weight excluding hydrogens is 348 g/mol. The first-order chi connectivity index (χ1) is 12.9. The highest BCUT2D eigenvalue weighted by Crippen LogP contribution is 2.33. The quantitative estimate of drug-likeness (QED) is 0.626. The van der Waals surface area contributed by atoms with Crippen LogP contribution in [0.4, 0.5) is 0 Å². The third-order valence-electron chi connectivity index (χ3n) is 5.15. The molecule has 0 radical (unpaired) electrons. The average Bonchev–Trinajstić information content (AvgIpc) is 2.69. The van der Waals surface area contributed by atoms with Gasteiger partial charge in [-0.25, -0.2) is 0 Å². The Morgan fingerprint density at radius 2 is 1.67 bits per heavy atom. The first-order valence-electron chi connectivity index (χ1n) is 8.97. The molecule has 0 bridgehead atoms. The fraction of sp³-hybridized carbons (Fsp3) is 0.429. The van der Waals surface area contributed by atoms with Crippen molar-refractivity contribution in [2.24, 2.45) is 0 Å². The molecule has 0 aromatic heterocycles. The second-order valence-electron chi connectivity index (χ2n) is 6.96. The van der Waals surface area contributed by atoms with Crippen LogP contribution >= 0.6 is 0 Å². The number of hydrogen-bond acceptors (Lipinski definition) is 6. The summed E-state index contributed by atoms with van der Waals surface area (Å²) in [6, 6.07) is 13.5. The second-order valence-corrected chi connectivity index (χ2v) is 6.96. The standard InChI is InChI=1S/C21H26O6/c1-12-3-6-14(21-20(25)19(24)18(23)17(11-22)27-21)10-15(12)9-13-4-7-16(26-2)8-5-13/h3-8,10,17-25H,9,11H2,1-2H3/t17-,18-,19+,20-,21+/m1/s1. The van der Waals surface area contributed by atoms with Gasteiger partial charge >= 0.3 is 0 Å². The highest BCUT2D eigenvalue weighted by atomic mass is 16.5. The van der Waals surface area contributed by atoms with Crippen LogP contribution in [-0.2, 0) is 11.2 Å². The van der Waals surface area contributed by atoms with Gasteiger partial charge in [0.25, 0.3) is 0 Å². The van der Waals surface area contributed by atoms with Gasteiger partial charge in [-0.2, -0.15) is 0 Å². The molecule has 1 aliphatic rings. The summed E-state index contributed by atoms with van der Waals surface area (Å²) in [5.41, 5.74) is 3.97. The Morgan fingerprint density at radius 1 is 0.963 bits per heavy atom. The van der Waals surface area contributed by atoms with Crippen molar-refractivity contribution < 1.29 is 29.9 Å². The molecule has 2 aromatic carbocycles. The molecule has 27 heavy (non-hydrogen) atoms. The molecule has 1 aliphatic heterocycles. The number of aliphatic hydroxyl groups is 4. The molecule has 0 amide bonds. The Morgan fingerprint density at radius 3 is 2.30 bits per heavy atom. The molecule has 6 heteroatoms. The largest absolute Gasteiger partial charge is 0.497 e. The summed E-state index contributed by atoms with van der Waals surface area (Å²) in [5.74, 6) is 0.797. The molecule has 1 fully saturated rings. The van der Waals surface area contributed by atoms with Gasteiger partial charge in [0.2, 0.25) is 0 Å². The fourth-order valence-electron chi connectivity index (χ4n) is 3.40. The van der Waals surface area contributed by atoms with Crippen LogP contribution < -0.4 is 4.74 Å². The minimum Gasteiger partial charge on any atom is -0.497 e. The molecule has 3 rings (SSSR count). The lowest BCUT2D eigenvalue weighted by Gasteiger charge is -2.40. The van der Waals surface area contributed by atoms with Gasteiger partial charge in [0.05, 0.1) is 13.7 Å². The number of ether oxygens (including phenoxy) is 2. The smallest absolute Gasteiger partial charge is 0.118 e. The SMILES string of the molecule is COc1ccc(Cc2cc([C@@H]3O[C@H](CO)[C@@H](O)[C@H](O)[C@H]3O)ccc2C)cc1. The van der Waals surface area contributed by atoms with Crippen molar-refractivity contribution in [3.05, 3.63) is 64.7 Å². The Balaban J connectivity index is 1.85. The monoisotopic (exact) mass is 374 g/mol. The van der Waals surface area contributed by atoms with Gasteiger partial charge in [0.15, 0.2) is 0 Å². The molecule has 146 valence electrons. The van der Waals surface area contributed by atoms with Crippen LogP contribution in [-0.4, -0.2) is 58.6 Å². The van der Waals surface area contributed by atoms with E-state index >= 15 is 0 Å². The molecule has 1 heterocycles. The summed E-state index contributed by atoms with van der Waals surface area (Å²) in [6.45, 7) is 1.57. The minimum absolute atomic E-state index is 0.438.